The highest BCUT2D eigenvalue weighted by atomic mass is 16.5. The van der Waals surface area contributed by atoms with Crippen LogP contribution in [0.4, 0.5) is 0 Å². The average molecular weight is 229 g/mol. The molecule has 0 aromatic rings. The quantitative estimate of drug-likeness (QED) is 0.650. The number of rotatable bonds is 8. The predicted molar refractivity (Wildman–Crippen MR) is 67.4 cm³/mol. The van der Waals surface area contributed by atoms with Gasteiger partial charge in [0.2, 0.25) is 5.91 Å². The minimum Gasteiger partial charge on any atom is -0.381 e. The second-order valence-corrected chi connectivity index (χ2v) is 5.41. The van der Waals surface area contributed by atoms with Crippen LogP contribution >= 0.6 is 0 Å². The molecule has 3 heteroatoms. The summed E-state index contributed by atoms with van der Waals surface area (Å²) < 4.78 is 5.41. The zero-order chi connectivity index (χ0) is 12.4. The van der Waals surface area contributed by atoms with Gasteiger partial charge in [-0.05, 0) is 18.3 Å². The Hall–Kier alpha value is -0.570. The number of unbranched alkanes of at least 4 members (excludes halogenated alkanes) is 1. The van der Waals surface area contributed by atoms with E-state index >= 15 is 0 Å². The summed E-state index contributed by atoms with van der Waals surface area (Å²) >= 11 is 0. The van der Waals surface area contributed by atoms with Crippen molar-refractivity contribution in [3.8, 4) is 0 Å². The molecule has 3 nitrogen and oxygen atoms in total. The van der Waals surface area contributed by atoms with Gasteiger partial charge in [0, 0.05) is 26.2 Å². The van der Waals surface area contributed by atoms with E-state index in [9.17, 15) is 4.79 Å². The molecule has 0 heterocycles. The highest BCUT2D eigenvalue weighted by Gasteiger charge is 2.14. The van der Waals surface area contributed by atoms with Crippen LogP contribution in [0.15, 0.2) is 0 Å². The van der Waals surface area contributed by atoms with Gasteiger partial charge in [0.15, 0.2) is 0 Å². The molecule has 0 aliphatic heterocycles. The molecule has 0 unspecified atom stereocenters. The maximum atomic E-state index is 11.4. The smallest absolute Gasteiger partial charge is 0.220 e. The molecule has 0 radical (unpaired) electrons. The van der Waals surface area contributed by atoms with E-state index in [2.05, 4.69) is 33.0 Å². The van der Waals surface area contributed by atoms with Crippen LogP contribution in [0, 0.1) is 5.41 Å². The van der Waals surface area contributed by atoms with Crippen LogP contribution < -0.4 is 5.32 Å². The van der Waals surface area contributed by atoms with Crippen molar-refractivity contribution in [3.05, 3.63) is 0 Å². The average Bonchev–Trinajstić information content (AvgIpc) is 2.13. The summed E-state index contributed by atoms with van der Waals surface area (Å²) in [5.41, 5.74) is 0.0711. The van der Waals surface area contributed by atoms with Crippen molar-refractivity contribution in [2.45, 2.75) is 53.4 Å². The molecule has 0 aliphatic rings. The molecule has 96 valence electrons. The van der Waals surface area contributed by atoms with Gasteiger partial charge < -0.3 is 10.1 Å². The monoisotopic (exact) mass is 229 g/mol. The zero-order valence-electron chi connectivity index (χ0n) is 11.3. The number of amides is 1. The lowest BCUT2D eigenvalue weighted by atomic mass is 9.92. The number of hydrogen-bond donors (Lipinski definition) is 1. The van der Waals surface area contributed by atoms with E-state index < -0.39 is 0 Å². The van der Waals surface area contributed by atoms with Crippen molar-refractivity contribution in [1.29, 1.82) is 0 Å². The molecule has 0 aliphatic carbocycles. The van der Waals surface area contributed by atoms with E-state index in [-0.39, 0.29) is 11.3 Å². The highest BCUT2D eigenvalue weighted by molar-refractivity contribution is 5.76. The number of hydrogen-bond acceptors (Lipinski definition) is 2. The van der Waals surface area contributed by atoms with Crippen LogP contribution in [0.2, 0.25) is 0 Å². The lowest BCUT2D eigenvalue weighted by Gasteiger charge is -2.17. The highest BCUT2D eigenvalue weighted by Crippen LogP contribution is 2.17. The molecule has 0 saturated carbocycles. The number of ether oxygens (including phenoxy) is 1. The largest absolute Gasteiger partial charge is 0.381 e. The van der Waals surface area contributed by atoms with Crippen LogP contribution in [0.1, 0.15) is 53.4 Å². The molecule has 0 fully saturated rings. The Morgan fingerprint density at radius 3 is 2.38 bits per heavy atom. The number of carbonyl (C=O) groups is 1. The van der Waals surface area contributed by atoms with Gasteiger partial charge in [-0.1, -0.05) is 34.1 Å². The maximum Gasteiger partial charge on any atom is 0.220 e. The van der Waals surface area contributed by atoms with E-state index in [1.165, 1.54) is 6.42 Å². The van der Waals surface area contributed by atoms with E-state index in [1.807, 2.05) is 0 Å². The Labute approximate surface area is 99.9 Å². The second-order valence-electron chi connectivity index (χ2n) is 5.41. The van der Waals surface area contributed by atoms with Gasteiger partial charge in [-0.25, -0.2) is 0 Å². The molecular weight excluding hydrogens is 202 g/mol. The van der Waals surface area contributed by atoms with Gasteiger partial charge in [-0.15, -0.1) is 0 Å². The van der Waals surface area contributed by atoms with E-state index in [0.717, 1.165) is 32.6 Å². The van der Waals surface area contributed by atoms with Crippen molar-refractivity contribution < 1.29 is 9.53 Å². The molecular formula is C13H27NO2. The molecule has 0 bridgehead atoms. The van der Waals surface area contributed by atoms with Crippen molar-refractivity contribution in [2.75, 3.05) is 19.8 Å². The fourth-order valence-corrected chi connectivity index (χ4v) is 1.29. The number of carbonyl (C=O) groups excluding carboxylic acids is 1. The third kappa shape index (κ3) is 11.5. The van der Waals surface area contributed by atoms with Crippen LogP contribution in [0.3, 0.4) is 0 Å². The van der Waals surface area contributed by atoms with Gasteiger partial charge in [-0.3, -0.25) is 4.79 Å². The molecule has 0 rings (SSSR count). The zero-order valence-corrected chi connectivity index (χ0v) is 11.3. The molecule has 0 atom stereocenters. The van der Waals surface area contributed by atoms with Crippen molar-refractivity contribution in [2.24, 2.45) is 5.41 Å². The summed E-state index contributed by atoms with van der Waals surface area (Å²) in [4.78, 5) is 11.4. The summed E-state index contributed by atoms with van der Waals surface area (Å²) in [6.07, 6.45) is 3.78. The van der Waals surface area contributed by atoms with Crippen molar-refractivity contribution in [3.63, 3.8) is 0 Å². The van der Waals surface area contributed by atoms with Crippen LogP contribution in [0.25, 0.3) is 0 Å². The Kier molecular flexibility index (Phi) is 8.26. The third-order valence-corrected chi connectivity index (χ3v) is 2.12. The summed E-state index contributed by atoms with van der Waals surface area (Å²) in [7, 11) is 0. The van der Waals surface area contributed by atoms with Crippen LogP contribution in [-0.2, 0) is 9.53 Å². The second kappa shape index (κ2) is 8.57. The lowest BCUT2D eigenvalue weighted by Crippen LogP contribution is -2.28. The first-order valence-electron chi connectivity index (χ1n) is 6.30. The fourth-order valence-electron chi connectivity index (χ4n) is 1.29. The standard InChI is InChI=1S/C13H27NO2/c1-5-6-9-16-10-7-8-14-12(15)11-13(2,3)4/h5-11H2,1-4H3,(H,14,15). The van der Waals surface area contributed by atoms with E-state index in [4.69, 9.17) is 4.74 Å². The number of nitrogens with one attached hydrogen (secondary N) is 1. The Morgan fingerprint density at radius 1 is 1.19 bits per heavy atom. The lowest BCUT2D eigenvalue weighted by molar-refractivity contribution is -0.122. The molecule has 1 N–H and O–H groups in total. The minimum absolute atomic E-state index is 0.0711. The minimum atomic E-state index is 0.0711. The molecule has 1 amide bonds. The topological polar surface area (TPSA) is 38.3 Å². The van der Waals surface area contributed by atoms with Crippen LogP contribution in [-0.4, -0.2) is 25.7 Å². The summed E-state index contributed by atoms with van der Waals surface area (Å²) in [5.74, 6) is 0.140. The van der Waals surface area contributed by atoms with Crippen LogP contribution in [0.5, 0.6) is 0 Å². The van der Waals surface area contributed by atoms with E-state index in [1.54, 1.807) is 0 Å². The first-order valence-corrected chi connectivity index (χ1v) is 6.30. The Bertz CT molecular complexity index is 185. The molecule has 0 spiro atoms. The normalized spacial score (nSPS) is 11.5. The van der Waals surface area contributed by atoms with Gasteiger partial charge in [0.25, 0.3) is 0 Å². The summed E-state index contributed by atoms with van der Waals surface area (Å²) in [6.45, 7) is 10.7. The first kappa shape index (κ1) is 15.4. The molecule has 0 saturated heterocycles. The fraction of sp³-hybridized carbons (Fsp3) is 0.923. The van der Waals surface area contributed by atoms with Gasteiger partial charge in [0.1, 0.15) is 0 Å². The van der Waals surface area contributed by atoms with Crippen molar-refractivity contribution >= 4 is 5.91 Å². The maximum absolute atomic E-state index is 11.4. The Balaban J connectivity index is 3.28. The molecule has 0 aromatic heterocycles. The van der Waals surface area contributed by atoms with Gasteiger partial charge >= 0.3 is 0 Å². The molecule has 0 aromatic carbocycles. The third-order valence-electron chi connectivity index (χ3n) is 2.12. The van der Waals surface area contributed by atoms with E-state index in [0.29, 0.717) is 6.42 Å². The molecule has 16 heavy (non-hydrogen) atoms. The Morgan fingerprint density at radius 2 is 1.81 bits per heavy atom. The predicted octanol–water partition coefficient (Wildman–Crippen LogP) is 2.75. The first-order chi connectivity index (χ1) is 7.45. The van der Waals surface area contributed by atoms with Gasteiger partial charge in [-0.2, -0.15) is 0 Å². The van der Waals surface area contributed by atoms with Crippen molar-refractivity contribution in [1.82, 2.24) is 5.32 Å². The summed E-state index contributed by atoms with van der Waals surface area (Å²) in [6, 6.07) is 0. The SMILES string of the molecule is CCCCOCCCNC(=O)CC(C)(C)C. The van der Waals surface area contributed by atoms with Gasteiger partial charge in [0.05, 0.1) is 0 Å². The summed E-state index contributed by atoms with van der Waals surface area (Å²) in [5, 5.41) is 2.91.